The lowest BCUT2D eigenvalue weighted by Gasteiger charge is -2.06. The average Bonchev–Trinajstić information content (AvgIpc) is 2.18. The molecule has 0 aliphatic carbocycles. The van der Waals surface area contributed by atoms with Crippen LogP contribution in [0.3, 0.4) is 0 Å². The molecule has 0 amide bonds. The zero-order chi connectivity index (χ0) is 11.5. The van der Waals surface area contributed by atoms with Gasteiger partial charge < -0.3 is 15.3 Å². The molecule has 0 aliphatic rings. The van der Waals surface area contributed by atoms with Gasteiger partial charge >= 0.3 is 0 Å². The first-order valence-electron chi connectivity index (χ1n) is 5.82. The van der Waals surface area contributed by atoms with Crippen molar-refractivity contribution in [3.63, 3.8) is 0 Å². The van der Waals surface area contributed by atoms with E-state index in [2.05, 4.69) is 6.92 Å². The SMILES string of the molecule is CCCC(O)CC/C=C\CC(O)CCO. The van der Waals surface area contributed by atoms with Crippen LogP contribution < -0.4 is 0 Å². The summed E-state index contributed by atoms with van der Waals surface area (Å²) in [5, 5.41) is 27.3. The number of hydrogen-bond acceptors (Lipinski definition) is 3. The van der Waals surface area contributed by atoms with Crippen molar-refractivity contribution in [3.8, 4) is 0 Å². The molecule has 2 atom stereocenters. The summed E-state index contributed by atoms with van der Waals surface area (Å²) in [6, 6.07) is 0. The van der Waals surface area contributed by atoms with Crippen molar-refractivity contribution in [3.05, 3.63) is 12.2 Å². The first-order valence-corrected chi connectivity index (χ1v) is 5.82. The number of rotatable bonds is 9. The van der Waals surface area contributed by atoms with Crippen LogP contribution in [0.25, 0.3) is 0 Å². The molecule has 0 aromatic heterocycles. The first-order chi connectivity index (χ1) is 7.20. The molecule has 0 aromatic rings. The van der Waals surface area contributed by atoms with Gasteiger partial charge in [0.25, 0.3) is 0 Å². The Morgan fingerprint density at radius 1 is 1.00 bits per heavy atom. The summed E-state index contributed by atoms with van der Waals surface area (Å²) in [4.78, 5) is 0. The quantitative estimate of drug-likeness (QED) is 0.513. The van der Waals surface area contributed by atoms with Gasteiger partial charge in [-0.15, -0.1) is 0 Å². The number of aliphatic hydroxyl groups is 3. The molecule has 0 aromatic carbocycles. The normalized spacial score (nSPS) is 15.7. The molecule has 0 saturated heterocycles. The van der Waals surface area contributed by atoms with Crippen molar-refractivity contribution < 1.29 is 15.3 Å². The fourth-order valence-electron chi connectivity index (χ4n) is 1.40. The molecule has 2 unspecified atom stereocenters. The monoisotopic (exact) mass is 216 g/mol. The van der Waals surface area contributed by atoms with Crippen LogP contribution in [-0.4, -0.2) is 34.1 Å². The summed E-state index contributed by atoms with van der Waals surface area (Å²) in [6.07, 6.45) is 7.81. The van der Waals surface area contributed by atoms with E-state index in [0.717, 1.165) is 25.7 Å². The predicted molar refractivity (Wildman–Crippen MR) is 61.6 cm³/mol. The lowest BCUT2D eigenvalue weighted by Crippen LogP contribution is -2.07. The Kier molecular flexibility index (Phi) is 9.89. The second-order valence-corrected chi connectivity index (χ2v) is 3.89. The van der Waals surface area contributed by atoms with E-state index in [1.807, 2.05) is 12.2 Å². The maximum absolute atomic E-state index is 9.43. The molecule has 3 nitrogen and oxygen atoms in total. The Morgan fingerprint density at radius 2 is 1.73 bits per heavy atom. The van der Waals surface area contributed by atoms with E-state index in [1.165, 1.54) is 0 Å². The molecule has 0 saturated carbocycles. The van der Waals surface area contributed by atoms with E-state index in [4.69, 9.17) is 5.11 Å². The molecule has 3 N–H and O–H groups in total. The second kappa shape index (κ2) is 10.1. The van der Waals surface area contributed by atoms with Crippen LogP contribution in [0.5, 0.6) is 0 Å². The minimum absolute atomic E-state index is 0.0320. The van der Waals surface area contributed by atoms with Gasteiger partial charge in [-0.3, -0.25) is 0 Å². The molecule has 0 bridgehead atoms. The molecule has 3 heteroatoms. The Balaban J connectivity index is 3.38. The van der Waals surface area contributed by atoms with Crippen LogP contribution in [0.1, 0.15) is 45.4 Å². The highest BCUT2D eigenvalue weighted by Gasteiger charge is 2.01. The summed E-state index contributed by atoms with van der Waals surface area (Å²) in [7, 11) is 0. The minimum Gasteiger partial charge on any atom is -0.396 e. The van der Waals surface area contributed by atoms with Crippen LogP contribution in [0.4, 0.5) is 0 Å². The lowest BCUT2D eigenvalue weighted by atomic mass is 10.1. The first kappa shape index (κ1) is 14.6. The van der Waals surface area contributed by atoms with Gasteiger partial charge in [0.1, 0.15) is 0 Å². The van der Waals surface area contributed by atoms with Crippen LogP contribution >= 0.6 is 0 Å². The van der Waals surface area contributed by atoms with E-state index in [9.17, 15) is 10.2 Å². The molecule has 15 heavy (non-hydrogen) atoms. The van der Waals surface area contributed by atoms with E-state index in [-0.39, 0.29) is 12.7 Å². The van der Waals surface area contributed by atoms with Crippen LogP contribution in [-0.2, 0) is 0 Å². The Labute approximate surface area is 92.4 Å². The third kappa shape index (κ3) is 9.91. The molecular formula is C12H24O3. The van der Waals surface area contributed by atoms with Crippen molar-refractivity contribution in [2.75, 3.05) is 6.61 Å². The van der Waals surface area contributed by atoms with E-state index in [0.29, 0.717) is 12.8 Å². The van der Waals surface area contributed by atoms with Gasteiger partial charge in [0, 0.05) is 6.61 Å². The topological polar surface area (TPSA) is 60.7 Å². The Hall–Kier alpha value is -0.380. The van der Waals surface area contributed by atoms with E-state index in [1.54, 1.807) is 0 Å². The molecular weight excluding hydrogens is 192 g/mol. The largest absolute Gasteiger partial charge is 0.396 e. The maximum Gasteiger partial charge on any atom is 0.0596 e. The smallest absolute Gasteiger partial charge is 0.0596 e. The Morgan fingerprint density at radius 3 is 2.33 bits per heavy atom. The highest BCUT2D eigenvalue weighted by molar-refractivity contribution is 4.84. The number of hydrogen-bond donors (Lipinski definition) is 3. The molecule has 0 aliphatic heterocycles. The van der Waals surface area contributed by atoms with Crippen molar-refractivity contribution in [2.45, 2.75) is 57.7 Å². The fraction of sp³-hybridized carbons (Fsp3) is 0.833. The van der Waals surface area contributed by atoms with Crippen molar-refractivity contribution in [2.24, 2.45) is 0 Å². The van der Waals surface area contributed by atoms with Crippen molar-refractivity contribution >= 4 is 0 Å². The summed E-state index contributed by atoms with van der Waals surface area (Å²) in [6.45, 7) is 2.09. The van der Waals surface area contributed by atoms with Crippen molar-refractivity contribution in [1.82, 2.24) is 0 Å². The van der Waals surface area contributed by atoms with Gasteiger partial charge in [-0.1, -0.05) is 25.5 Å². The summed E-state index contributed by atoms with van der Waals surface area (Å²) in [5.41, 5.74) is 0. The summed E-state index contributed by atoms with van der Waals surface area (Å²) in [5.74, 6) is 0. The molecule has 0 spiro atoms. The zero-order valence-corrected chi connectivity index (χ0v) is 9.60. The van der Waals surface area contributed by atoms with Gasteiger partial charge in [-0.2, -0.15) is 0 Å². The van der Waals surface area contributed by atoms with Crippen LogP contribution in [0.2, 0.25) is 0 Å². The average molecular weight is 216 g/mol. The van der Waals surface area contributed by atoms with E-state index < -0.39 is 6.10 Å². The third-order valence-corrected chi connectivity index (χ3v) is 2.33. The minimum atomic E-state index is -0.438. The van der Waals surface area contributed by atoms with Gasteiger partial charge in [0.05, 0.1) is 12.2 Å². The van der Waals surface area contributed by atoms with Gasteiger partial charge in [-0.25, -0.2) is 0 Å². The van der Waals surface area contributed by atoms with Gasteiger partial charge in [0.2, 0.25) is 0 Å². The molecule has 90 valence electrons. The molecule has 0 radical (unpaired) electrons. The number of allylic oxidation sites excluding steroid dienone is 1. The number of aliphatic hydroxyl groups excluding tert-OH is 3. The lowest BCUT2D eigenvalue weighted by molar-refractivity contribution is 0.135. The van der Waals surface area contributed by atoms with Crippen molar-refractivity contribution in [1.29, 1.82) is 0 Å². The standard InChI is InChI=1S/C12H24O3/c1-2-6-11(14)7-4-3-5-8-12(15)9-10-13/h3,5,11-15H,2,4,6-10H2,1H3/b5-3-. The Bertz CT molecular complexity index is 157. The predicted octanol–water partition coefficient (Wildman–Crippen LogP) is 1.62. The molecule has 0 fully saturated rings. The molecule has 0 heterocycles. The van der Waals surface area contributed by atoms with Gasteiger partial charge in [0.15, 0.2) is 0 Å². The zero-order valence-electron chi connectivity index (χ0n) is 9.60. The van der Waals surface area contributed by atoms with E-state index >= 15 is 0 Å². The summed E-state index contributed by atoms with van der Waals surface area (Å²) < 4.78 is 0. The fourth-order valence-corrected chi connectivity index (χ4v) is 1.40. The highest BCUT2D eigenvalue weighted by atomic mass is 16.3. The maximum atomic E-state index is 9.43. The summed E-state index contributed by atoms with van der Waals surface area (Å²) >= 11 is 0. The molecule has 0 rings (SSSR count). The van der Waals surface area contributed by atoms with Gasteiger partial charge in [-0.05, 0) is 32.1 Å². The third-order valence-electron chi connectivity index (χ3n) is 2.33. The van der Waals surface area contributed by atoms with Crippen LogP contribution in [0, 0.1) is 0 Å². The van der Waals surface area contributed by atoms with Crippen LogP contribution in [0.15, 0.2) is 12.2 Å². The highest BCUT2D eigenvalue weighted by Crippen LogP contribution is 2.06. The second-order valence-electron chi connectivity index (χ2n) is 3.89.